The summed E-state index contributed by atoms with van der Waals surface area (Å²) in [6.07, 6.45) is -0.784. The number of rotatable bonds is 6. The van der Waals surface area contributed by atoms with Crippen LogP contribution in [0.3, 0.4) is 0 Å². The van der Waals surface area contributed by atoms with Crippen LogP contribution in [-0.2, 0) is 0 Å². The zero-order chi connectivity index (χ0) is 17.1. The molecule has 0 saturated heterocycles. The molecule has 0 aliphatic carbocycles. The van der Waals surface area contributed by atoms with Gasteiger partial charge in [-0.1, -0.05) is 0 Å². The second-order valence-corrected chi connectivity index (χ2v) is 5.32. The van der Waals surface area contributed by atoms with Crippen LogP contribution < -0.4 is 10.6 Å². The third-order valence-electron chi connectivity index (χ3n) is 3.37. The first-order valence-corrected chi connectivity index (χ1v) is 7.35. The van der Waals surface area contributed by atoms with Gasteiger partial charge in [-0.3, -0.25) is 4.79 Å². The SMILES string of the molecule is Cc1cc(C(=O)NCC(O)CNc2ccc3nnnn3n2)c(C)o1. The van der Waals surface area contributed by atoms with Crippen molar-refractivity contribution in [2.45, 2.75) is 20.0 Å². The number of hydrogen-bond donors (Lipinski definition) is 3. The summed E-state index contributed by atoms with van der Waals surface area (Å²) >= 11 is 0. The maximum Gasteiger partial charge on any atom is 0.254 e. The molecule has 1 amide bonds. The van der Waals surface area contributed by atoms with Gasteiger partial charge in [-0.05, 0) is 42.5 Å². The van der Waals surface area contributed by atoms with Crippen molar-refractivity contribution in [3.05, 3.63) is 35.3 Å². The number of aliphatic hydroxyl groups is 1. The number of carbonyl (C=O) groups excluding carboxylic acids is 1. The predicted molar refractivity (Wildman–Crippen MR) is 83.6 cm³/mol. The number of aromatic nitrogens is 5. The van der Waals surface area contributed by atoms with Crippen molar-refractivity contribution in [1.82, 2.24) is 30.6 Å². The second-order valence-electron chi connectivity index (χ2n) is 5.32. The van der Waals surface area contributed by atoms with Crippen molar-refractivity contribution in [3.63, 3.8) is 0 Å². The second kappa shape index (κ2) is 6.62. The van der Waals surface area contributed by atoms with Crippen LogP contribution in [0.4, 0.5) is 5.82 Å². The highest BCUT2D eigenvalue weighted by Crippen LogP contribution is 2.13. The molecule has 3 rings (SSSR count). The van der Waals surface area contributed by atoms with Gasteiger partial charge in [0.15, 0.2) is 5.65 Å². The van der Waals surface area contributed by atoms with Crippen molar-refractivity contribution in [2.75, 3.05) is 18.4 Å². The minimum atomic E-state index is -0.784. The highest BCUT2D eigenvalue weighted by molar-refractivity contribution is 5.95. The van der Waals surface area contributed by atoms with Crippen LogP contribution >= 0.6 is 0 Å². The maximum atomic E-state index is 12.0. The minimum absolute atomic E-state index is 0.0998. The number of tetrazole rings is 1. The van der Waals surface area contributed by atoms with E-state index in [1.54, 1.807) is 32.0 Å². The Labute approximate surface area is 136 Å². The van der Waals surface area contributed by atoms with Gasteiger partial charge in [-0.15, -0.1) is 14.8 Å². The van der Waals surface area contributed by atoms with Gasteiger partial charge in [0.1, 0.15) is 17.3 Å². The first kappa shape index (κ1) is 15.9. The number of nitrogens with zero attached hydrogens (tertiary/aromatic N) is 5. The molecular weight excluding hydrogens is 314 g/mol. The summed E-state index contributed by atoms with van der Waals surface area (Å²) in [5.41, 5.74) is 0.998. The number of amides is 1. The molecule has 0 saturated carbocycles. The molecule has 0 radical (unpaired) electrons. The Morgan fingerprint density at radius 3 is 2.96 bits per heavy atom. The monoisotopic (exact) mass is 331 g/mol. The molecule has 0 aliphatic rings. The zero-order valence-electron chi connectivity index (χ0n) is 13.2. The minimum Gasteiger partial charge on any atom is -0.466 e. The maximum absolute atomic E-state index is 12.0. The Kier molecular flexibility index (Phi) is 4.38. The molecule has 0 bridgehead atoms. The summed E-state index contributed by atoms with van der Waals surface area (Å²) in [5, 5.41) is 30.7. The Morgan fingerprint density at radius 1 is 1.38 bits per heavy atom. The molecule has 1 atom stereocenters. The van der Waals surface area contributed by atoms with Gasteiger partial charge in [0.2, 0.25) is 0 Å². The number of aliphatic hydroxyl groups excluding tert-OH is 1. The molecule has 126 valence electrons. The van der Waals surface area contributed by atoms with Crippen molar-refractivity contribution >= 4 is 17.4 Å². The van der Waals surface area contributed by atoms with E-state index in [1.807, 2.05) is 0 Å². The number of fused-ring (bicyclic) bond motifs is 1. The van der Waals surface area contributed by atoms with Gasteiger partial charge in [0.05, 0.1) is 11.7 Å². The van der Waals surface area contributed by atoms with Crippen LogP contribution in [0.2, 0.25) is 0 Å². The van der Waals surface area contributed by atoms with Crippen LogP contribution in [0.15, 0.2) is 22.6 Å². The van der Waals surface area contributed by atoms with Crippen LogP contribution in [0.5, 0.6) is 0 Å². The summed E-state index contributed by atoms with van der Waals surface area (Å²) in [6, 6.07) is 5.07. The molecule has 3 aromatic rings. The Hall–Kier alpha value is -3.01. The number of aryl methyl sites for hydroxylation is 2. The van der Waals surface area contributed by atoms with Gasteiger partial charge in [0, 0.05) is 13.1 Å². The molecule has 1 unspecified atom stereocenters. The van der Waals surface area contributed by atoms with E-state index in [1.165, 1.54) is 4.63 Å². The first-order valence-electron chi connectivity index (χ1n) is 7.35. The van der Waals surface area contributed by atoms with Crippen molar-refractivity contribution in [2.24, 2.45) is 0 Å². The number of nitrogens with one attached hydrogen (secondary N) is 2. The topological polar surface area (TPSA) is 130 Å². The number of anilines is 1. The lowest BCUT2D eigenvalue weighted by molar-refractivity contribution is 0.0920. The quantitative estimate of drug-likeness (QED) is 0.572. The van der Waals surface area contributed by atoms with E-state index in [0.29, 0.717) is 28.5 Å². The number of hydrogen-bond acceptors (Lipinski definition) is 8. The normalized spacial score (nSPS) is 12.3. The van der Waals surface area contributed by atoms with E-state index in [0.717, 1.165) is 0 Å². The molecule has 10 heteroatoms. The van der Waals surface area contributed by atoms with E-state index >= 15 is 0 Å². The molecule has 3 N–H and O–H groups in total. The largest absolute Gasteiger partial charge is 0.466 e. The lowest BCUT2D eigenvalue weighted by atomic mass is 10.2. The first-order chi connectivity index (χ1) is 11.5. The van der Waals surface area contributed by atoms with Gasteiger partial charge in [0.25, 0.3) is 5.91 Å². The molecule has 3 heterocycles. The summed E-state index contributed by atoms with van der Waals surface area (Å²) in [6.45, 7) is 3.81. The standard InChI is InChI=1S/C14H17N7O3/c1-8-5-11(9(2)24-8)14(23)16-7-10(22)6-15-12-3-4-13-17-19-20-21(13)18-12/h3-5,10,22H,6-7H2,1-2H3,(H,15,18)(H,16,23). The van der Waals surface area contributed by atoms with Gasteiger partial charge < -0.3 is 20.2 Å². The fourth-order valence-corrected chi connectivity index (χ4v) is 2.20. The number of carbonyl (C=O) groups is 1. The van der Waals surface area contributed by atoms with Crippen molar-refractivity contribution in [1.29, 1.82) is 0 Å². The number of furan rings is 1. The molecule has 10 nitrogen and oxygen atoms in total. The van der Waals surface area contributed by atoms with Gasteiger partial charge in [-0.2, -0.15) is 0 Å². The fourth-order valence-electron chi connectivity index (χ4n) is 2.20. The lowest BCUT2D eigenvalue weighted by Gasteiger charge is -2.13. The predicted octanol–water partition coefficient (Wildman–Crippen LogP) is -0.0681. The third-order valence-corrected chi connectivity index (χ3v) is 3.37. The van der Waals surface area contributed by atoms with Crippen LogP contribution in [0.25, 0.3) is 5.65 Å². The molecule has 3 aromatic heterocycles. The Morgan fingerprint density at radius 2 is 2.21 bits per heavy atom. The van der Waals surface area contributed by atoms with Crippen LogP contribution in [0, 0.1) is 13.8 Å². The van der Waals surface area contributed by atoms with Gasteiger partial charge >= 0.3 is 0 Å². The fraction of sp³-hybridized carbons (Fsp3) is 0.357. The highest BCUT2D eigenvalue weighted by atomic mass is 16.3. The Balaban J connectivity index is 1.49. The van der Waals surface area contributed by atoms with Gasteiger partial charge in [-0.25, -0.2) is 0 Å². The molecule has 0 aliphatic heterocycles. The van der Waals surface area contributed by atoms with E-state index in [-0.39, 0.29) is 19.0 Å². The van der Waals surface area contributed by atoms with Crippen LogP contribution in [0.1, 0.15) is 21.9 Å². The summed E-state index contributed by atoms with van der Waals surface area (Å²) in [7, 11) is 0. The molecule has 0 fully saturated rings. The molecular formula is C14H17N7O3. The van der Waals surface area contributed by atoms with Crippen LogP contribution in [-0.4, -0.2) is 55.5 Å². The van der Waals surface area contributed by atoms with E-state index < -0.39 is 6.10 Å². The van der Waals surface area contributed by atoms with Crippen molar-refractivity contribution in [3.8, 4) is 0 Å². The third kappa shape index (κ3) is 3.49. The average molecular weight is 331 g/mol. The molecule has 0 aromatic carbocycles. The zero-order valence-corrected chi connectivity index (χ0v) is 13.2. The van der Waals surface area contributed by atoms with Crippen molar-refractivity contribution < 1.29 is 14.3 Å². The summed E-state index contributed by atoms with van der Waals surface area (Å²) in [4.78, 5) is 12.0. The molecule has 24 heavy (non-hydrogen) atoms. The van der Waals surface area contributed by atoms with E-state index in [2.05, 4.69) is 31.3 Å². The lowest BCUT2D eigenvalue weighted by Crippen LogP contribution is -2.36. The highest BCUT2D eigenvalue weighted by Gasteiger charge is 2.14. The molecule has 0 spiro atoms. The summed E-state index contributed by atoms with van der Waals surface area (Å²) in [5.74, 6) is 1.46. The smallest absolute Gasteiger partial charge is 0.254 e. The Bertz CT molecular complexity index is 857. The van der Waals surface area contributed by atoms with E-state index in [4.69, 9.17) is 4.42 Å². The van der Waals surface area contributed by atoms with E-state index in [9.17, 15) is 9.90 Å². The average Bonchev–Trinajstić information content (AvgIpc) is 3.15. The summed E-state index contributed by atoms with van der Waals surface area (Å²) < 4.78 is 6.59.